The van der Waals surface area contributed by atoms with Gasteiger partial charge in [-0.25, -0.2) is 13.2 Å². The average molecular weight is 551 g/mol. The number of aromatic amines is 1. The first-order valence-electron chi connectivity index (χ1n) is 12.3. The molecule has 6 aromatic rings. The van der Waals surface area contributed by atoms with Crippen molar-refractivity contribution in [1.82, 2.24) is 14.8 Å². The highest BCUT2D eigenvalue weighted by atomic mass is 19.4. The van der Waals surface area contributed by atoms with E-state index in [9.17, 15) is 26.3 Å². The van der Waals surface area contributed by atoms with Gasteiger partial charge >= 0.3 is 6.18 Å². The fourth-order valence-electron chi connectivity index (χ4n) is 4.87. The second kappa shape index (κ2) is 9.78. The van der Waals surface area contributed by atoms with Crippen LogP contribution in [-0.4, -0.2) is 14.8 Å². The van der Waals surface area contributed by atoms with E-state index >= 15 is 0 Å². The molecular formula is C30H20F6N4. The molecule has 2 N–H and O–H groups in total. The molecule has 0 spiro atoms. The topological polar surface area (TPSA) is 45.6 Å². The minimum Gasteiger partial charge on any atom is -0.381 e. The summed E-state index contributed by atoms with van der Waals surface area (Å²) >= 11 is 0. The van der Waals surface area contributed by atoms with Gasteiger partial charge < -0.3 is 10.3 Å². The SMILES string of the molecule is Fc1cc(F)c(Cn2nc3c(C(F)(F)F)cccc3c2-c2cccc(NCc3ccc4[nH]ccc4c3)c2)c(F)c1. The summed E-state index contributed by atoms with van der Waals surface area (Å²) in [5.74, 6) is -3.42. The zero-order valence-corrected chi connectivity index (χ0v) is 20.7. The van der Waals surface area contributed by atoms with Gasteiger partial charge in [-0.3, -0.25) is 4.68 Å². The number of benzene rings is 4. The van der Waals surface area contributed by atoms with E-state index in [1.807, 2.05) is 36.5 Å². The van der Waals surface area contributed by atoms with E-state index in [2.05, 4.69) is 15.4 Å². The number of halogens is 6. The molecular weight excluding hydrogens is 530 g/mol. The predicted molar refractivity (Wildman–Crippen MR) is 141 cm³/mol. The van der Waals surface area contributed by atoms with Crippen molar-refractivity contribution < 1.29 is 26.3 Å². The number of anilines is 1. The largest absolute Gasteiger partial charge is 0.418 e. The molecule has 4 nitrogen and oxygen atoms in total. The van der Waals surface area contributed by atoms with Gasteiger partial charge in [0.1, 0.15) is 23.0 Å². The zero-order chi connectivity index (χ0) is 28.0. The van der Waals surface area contributed by atoms with Crippen molar-refractivity contribution in [2.45, 2.75) is 19.3 Å². The smallest absolute Gasteiger partial charge is 0.381 e. The van der Waals surface area contributed by atoms with E-state index in [4.69, 9.17) is 0 Å². The summed E-state index contributed by atoms with van der Waals surface area (Å²) in [5.41, 5.74) is 1.59. The Labute approximate surface area is 223 Å². The van der Waals surface area contributed by atoms with E-state index in [0.717, 1.165) is 27.2 Å². The molecule has 0 atom stereocenters. The highest BCUT2D eigenvalue weighted by Gasteiger charge is 2.34. The van der Waals surface area contributed by atoms with Gasteiger partial charge in [-0.05, 0) is 47.3 Å². The van der Waals surface area contributed by atoms with E-state index in [0.29, 0.717) is 29.9 Å². The molecule has 202 valence electrons. The van der Waals surface area contributed by atoms with Gasteiger partial charge in [0.15, 0.2) is 0 Å². The van der Waals surface area contributed by atoms with Gasteiger partial charge in [0.05, 0.1) is 17.8 Å². The second-order valence-electron chi connectivity index (χ2n) is 9.39. The van der Waals surface area contributed by atoms with Crippen LogP contribution >= 0.6 is 0 Å². The molecule has 0 radical (unpaired) electrons. The summed E-state index contributed by atoms with van der Waals surface area (Å²) in [6, 6.07) is 19.6. The molecule has 2 aromatic heterocycles. The molecule has 40 heavy (non-hydrogen) atoms. The van der Waals surface area contributed by atoms with Crippen LogP contribution in [0.25, 0.3) is 33.1 Å². The van der Waals surface area contributed by atoms with Crippen LogP contribution in [0, 0.1) is 17.5 Å². The number of nitrogens with one attached hydrogen (secondary N) is 2. The fraction of sp³-hybridized carbons (Fsp3) is 0.100. The Morgan fingerprint density at radius 1 is 0.850 bits per heavy atom. The van der Waals surface area contributed by atoms with Crippen LogP contribution < -0.4 is 5.32 Å². The summed E-state index contributed by atoms with van der Waals surface area (Å²) in [6.45, 7) is -0.0671. The van der Waals surface area contributed by atoms with Crippen molar-refractivity contribution in [1.29, 1.82) is 0 Å². The number of nitrogens with zero attached hydrogens (tertiary/aromatic N) is 2. The van der Waals surface area contributed by atoms with Gasteiger partial charge in [0, 0.05) is 52.6 Å². The lowest BCUT2D eigenvalue weighted by atomic mass is 10.0. The molecule has 0 bridgehead atoms. The third kappa shape index (κ3) is 4.76. The van der Waals surface area contributed by atoms with Crippen molar-refractivity contribution in [3.8, 4) is 11.3 Å². The third-order valence-corrected chi connectivity index (χ3v) is 6.74. The van der Waals surface area contributed by atoms with Gasteiger partial charge in [-0.15, -0.1) is 0 Å². The summed E-state index contributed by atoms with van der Waals surface area (Å²) < 4.78 is 85.2. The first-order valence-corrected chi connectivity index (χ1v) is 12.3. The highest BCUT2D eigenvalue weighted by molar-refractivity contribution is 5.96. The lowest BCUT2D eigenvalue weighted by Gasteiger charge is -2.12. The first-order chi connectivity index (χ1) is 19.2. The van der Waals surface area contributed by atoms with E-state index in [-0.39, 0.29) is 16.6 Å². The molecule has 0 aliphatic heterocycles. The molecule has 0 fully saturated rings. The van der Waals surface area contributed by atoms with Crippen molar-refractivity contribution in [2.75, 3.05) is 5.32 Å². The maximum atomic E-state index is 14.5. The molecule has 4 aromatic carbocycles. The van der Waals surface area contributed by atoms with Crippen LogP contribution in [0.5, 0.6) is 0 Å². The zero-order valence-electron chi connectivity index (χ0n) is 20.7. The maximum Gasteiger partial charge on any atom is 0.418 e. The lowest BCUT2D eigenvalue weighted by molar-refractivity contribution is -0.136. The molecule has 0 aliphatic rings. The number of H-pyrrole nitrogens is 1. The number of hydrogen-bond acceptors (Lipinski definition) is 2. The molecule has 0 unspecified atom stereocenters. The van der Waals surface area contributed by atoms with Crippen molar-refractivity contribution >= 4 is 27.5 Å². The number of alkyl halides is 3. The normalized spacial score (nSPS) is 11.9. The predicted octanol–water partition coefficient (Wildman–Crippen LogP) is 8.28. The van der Waals surface area contributed by atoms with E-state index in [1.54, 1.807) is 18.2 Å². The Morgan fingerprint density at radius 2 is 1.62 bits per heavy atom. The van der Waals surface area contributed by atoms with Crippen molar-refractivity contribution in [3.05, 3.63) is 119 Å². The second-order valence-corrected chi connectivity index (χ2v) is 9.39. The van der Waals surface area contributed by atoms with Crippen molar-refractivity contribution in [2.24, 2.45) is 0 Å². The summed E-state index contributed by atoms with van der Waals surface area (Å²) in [4.78, 5) is 3.14. The minimum atomic E-state index is -4.70. The van der Waals surface area contributed by atoms with E-state index < -0.39 is 41.3 Å². The van der Waals surface area contributed by atoms with Crippen molar-refractivity contribution in [3.63, 3.8) is 0 Å². The van der Waals surface area contributed by atoms with Gasteiger partial charge in [0.25, 0.3) is 0 Å². The summed E-state index contributed by atoms with van der Waals surface area (Å²) in [6.07, 6.45) is -2.85. The summed E-state index contributed by atoms with van der Waals surface area (Å²) in [5, 5.41) is 8.68. The van der Waals surface area contributed by atoms with Crippen LogP contribution in [0.3, 0.4) is 0 Å². The van der Waals surface area contributed by atoms with Gasteiger partial charge in [-0.2, -0.15) is 18.3 Å². The number of rotatable bonds is 6. The molecule has 2 heterocycles. The highest BCUT2D eigenvalue weighted by Crippen LogP contribution is 2.39. The van der Waals surface area contributed by atoms with Gasteiger partial charge in [-0.1, -0.05) is 30.3 Å². The van der Waals surface area contributed by atoms with Gasteiger partial charge in [0.2, 0.25) is 0 Å². The number of fused-ring (bicyclic) bond motifs is 2. The molecule has 0 saturated carbocycles. The Kier molecular flexibility index (Phi) is 6.25. The minimum absolute atomic E-state index is 0.160. The number of hydrogen-bond donors (Lipinski definition) is 2. The Balaban J connectivity index is 1.42. The maximum absolute atomic E-state index is 14.5. The monoisotopic (exact) mass is 550 g/mol. The Bertz CT molecular complexity index is 1850. The molecule has 10 heteroatoms. The molecule has 0 saturated heterocycles. The van der Waals surface area contributed by atoms with Crippen LogP contribution in [0.4, 0.5) is 32.0 Å². The van der Waals surface area contributed by atoms with Crippen LogP contribution in [0.15, 0.2) is 85.1 Å². The molecule has 0 amide bonds. The number of aromatic nitrogens is 3. The lowest BCUT2D eigenvalue weighted by Crippen LogP contribution is -2.09. The van der Waals surface area contributed by atoms with Crippen LogP contribution in [0.1, 0.15) is 16.7 Å². The molecule has 0 aliphatic carbocycles. The van der Waals surface area contributed by atoms with Crippen LogP contribution in [-0.2, 0) is 19.3 Å². The fourth-order valence-corrected chi connectivity index (χ4v) is 4.87. The standard InChI is InChI=1S/C30H20F6N4/c31-20-13-25(32)23(26(33)14-20)16-40-29(22-5-2-6-24(28(22)39-40)30(34,35)36)19-3-1-4-21(12-19)38-15-17-7-8-27-18(11-17)9-10-37-27/h1-14,37-38H,15-16H2. The van der Waals surface area contributed by atoms with E-state index in [1.165, 1.54) is 12.1 Å². The van der Waals surface area contributed by atoms with Crippen LogP contribution in [0.2, 0.25) is 0 Å². The summed E-state index contributed by atoms with van der Waals surface area (Å²) in [7, 11) is 0. The first kappa shape index (κ1) is 25.5. The average Bonchev–Trinajstić information content (AvgIpc) is 3.53. The third-order valence-electron chi connectivity index (χ3n) is 6.74. The Hall–Kier alpha value is -4.73. The molecule has 6 rings (SSSR count). The quantitative estimate of drug-likeness (QED) is 0.205. The Morgan fingerprint density at radius 3 is 2.40 bits per heavy atom.